The van der Waals surface area contributed by atoms with E-state index in [1.165, 1.54) is 14.2 Å². The number of ether oxygens (including phenoxy) is 3. The third kappa shape index (κ3) is 4.24. The van der Waals surface area contributed by atoms with Gasteiger partial charge in [0.25, 0.3) is 5.91 Å². The van der Waals surface area contributed by atoms with Crippen LogP contribution in [0.3, 0.4) is 0 Å². The van der Waals surface area contributed by atoms with Gasteiger partial charge in [0.15, 0.2) is 11.5 Å². The van der Waals surface area contributed by atoms with Crippen molar-refractivity contribution in [1.29, 1.82) is 0 Å². The maximum absolute atomic E-state index is 12.5. The van der Waals surface area contributed by atoms with Crippen LogP contribution in [0, 0.1) is 0 Å². The molecule has 2 aromatic carbocycles. The SMILES string of the molecule is COc1ccc(C(=O)Nc2ccc([C@H]3OCC(=O)N[C@@H]3CO)cc2)cc1OC. The first-order valence-electron chi connectivity index (χ1n) is 8.71. The number of nitrogens with one attached hydrogen (secondary N) is 2. The Hall–Kier alpha value is -3.10. The van der Waals surface area contributed by atoms with Gasteiger partial charge in [-0.3, -0.25) is 9.59 Å². The Morgan fingerprint density at radius 2 is 1.89 bits per heavy atom. The van der Waals surface area contributed by atoms with E-state index in [9.17, 15) is 14.7 Å². The molecule has 8 heteroatoms. The zero-order valence-electron chi connectivity index (χ0n) is 15.6. The predicted octanol–water partition coefficient (Wildman–Crippen LogP) is 1.50. The zero-order chi connectivity index (χ0) is 20.1. The summed E-state index contributed by atoms with van der Waals surface area (Å²) in [6, 6.07) is 11.5. The number of hydrogen-bond donors (Lipinski definition) is 3. The lowest BCUT2D eigenvalue weighted by molar-refractivity contribution is -0.138. The molecule has 28 heavy (non-hydrogen) atoms. The molecule has 0 aromatic heterocycles. The molecule has 2 atom stereocenters. The first-order valence-corrected chi connectivity index (χ1v) is 8.71. The Bertz CT molecular complexity index is 852. The molecule has 1 aliphatic heterocycles. The summed E-state index contributed by atoms with van der Waals surface area (Å²) in [6.45, 7) is -0.285. The number of aliphatic hydroxyl groups is 1. The number of anilines is 1. The first kappa shape index (κ1) is 19.7. The van der Waals surface area contributed by atoms with Gasteiger partial charge in [-0.1, -0.05) is 12.1 Å². The third-order valence-corrected chi connectivity index (χ3v) is 4.45. The van der Waals surface area contributed by atoms with E-state index in [0.29, 0.717) is 22.7 Å². The number of rotatable bonds is 6. The summed E-state index contributed by atoms with van der Waals surface area (Å²) in [5, 5.41) is 15.0. The molecular weight excluding hydrogens is 364 g/mol. The maximum Gasteiger partial charge on any atom is 0.255 e. The Morgan fingerprint density at radius 3 is 2.54 bits per heavy atom. The highest BCUT2D eigenvalue weighted by atomic mass is 16.5. The Balaban J connectivity index is 1.70. The number of aliphatic hydroxyl groups excluding tert-OH is 1. The van der Waals surface area contributed by atoms with Crippen LogP contribution in [0.4, 0.5) is 5.69 Å². The van der Waals surface area contributed by atoms with Crippen molar-refractivity contribution < 1.29 is 28.9 Å². The van der Waals surface area contributed by atoms with Gasteiger partial charge in [0.2, 0.25) is 5.91 Å². The zero-order valence-corrected chi connectivity index (χ0v) is 15.6. The van der Waals surface area contributed by atoms with Gasteiger partial charge in [-0.25, -0.2) is 0 Å². The smallest absolute Gasteiger partial charge is 0.255 e. The first-order chi connectivity index (χ1) is 13.5. The largest absolute Gasteiger partial charge is 0.493 e. The number of methoxy groups -OCH3 is 2. The van der Waals surface area contributed by atoms with Gasteiger partial charge < -0.3 is 30.0 Å². The molecule has 1 fully saturated rings. The van der Waals surface area contributed by atoms with Crippen molar-refractivity contribution in [2.24, 2.45) is 0 Å². The van der Waals surface area contributed by atoms with Gasteiger partial charge in [-0.2, -0.15) is 0 Å². The van der Waals surface area contributed by atoms with Crippen molar-refractivity contribution >= 4 is 17.5 Å². The lowest BCUT2D eigenvalue weighted by Gasteiger charge is -2.31. The fraction of sp³-hybridized carbons (Fsp3) is 0.300. The summed E-state index contributed by atoms with van der Waals surface area (Å²) in [5.41, 5.74) is 1.83. The number of carbonyl (C=O) groups excluding carboxylic acids is 2. The van der Waals surface area contributed by atoms with Crippen molar-refractivity contribution in [2.75, 3.05) is 32.8 Å². The van der Waals surface area contributed by atoms with E-state index in [0.717, 1.165) is 5.56 Å². The van der Waals surface area contributed by atoms with Crippen molar-refractivity contribution in [3.8, 4) is 11.5 Å². The minimum absolute atomic E-state index is 0.0566. The van der Waals surface area contributed by atoms with Crippen molar-refractivity contribution in [3.63, 3.8) is 0 Å². The highest BCUT2D eigenvalue weighted by molar-refractivity contribution is 6.04. The highest BCUT2D eigenvalue weighted by Gasteiger charge is 2.30. The second kappa shape index (κ2) is 8.73. The second-order valence-corrected chi connectivity index (χ2v) is 6.23. The second-order valence-electron chi connectivity index (χ2n) is 6.23. The average Bonchev–Trinajstić information content (AvgIpc) is 2.73. The standard InChI is InChI=1S/C20H22N2O6/c1-26-16-8-5-13(9-17(16)27-2)20(25)21-14-6-3-12(4-7-14)19-15(10-23)22-18(24)11-28-19/h3-9,15,19,23H,10-11H2,1-2H3,(H,21,25)(H,22,24)/t15-,19-/m1/s1. The number of morpholine rings is 1. The predicted molar refractivity (Wildman–Crippen MR) is 102 cm³/mol. The molecule has 3 rings (SSSR count). The summed E-state index contributed by atoms with van der Waals surface area (Å²) in [6.07, 6.45) is -0.446. The molecule has 0 unspecified atom stereocenters. The van der Waals surface area contributed by atoms with Crippen LogP contribution >= 0.6 is 0 Å². The number of benzene rings is 2. The normalized spacial score (nSPS) is 18.9. The van der Waals surface area contributed by atoms with Crippen molar-refractivity contribution in [3.05, 3.63) is 53.6 Å². The molecule has 0 spiro atoms. The summed E-state index contributed by atoms with van der Waals surface area (Å²) >= 11 is 0. The number of amides is 2. The Labute approximate surface area is 162 Å². The van der Waals surface area contributed by atoms with Crippen LogP contribution in [0.15, 0.2) is 42.5 Å². The van der Waals surface area contributed by atoms with Gasteiger partial charge in [0, 0.05) is 11.3 Å². The minimum atomic E-state index is -0.506. The molecule has 2 aromatic rings. The molecule has 0 aliphatic carbocycles. The molecule has 0 radical (unpaired) electrons. The summed E-state index contributed by atoms with van der Waals surface area (Å²) < 4.78 is 15.9. The summed E-state index contributed by atoms with van der Waals surface area (Å²) in [5.74, 6) is 0.468. The summed E-state index contributed by atoms with van der Waals surface area (Å²) in [7, 11) is 3.04. The fourth-order valence-electron chi connectivity index (χ4n) is 3.01. The van der Waals surface area contributed by atoms with E-state index >= 15 is 0 Å². The van der Waals surface area contributed by atoms with Gasteiger partial charge in [0.05, 0.1) is 26.9 Å². The minimum Gasteiger partial charge on any atom is -0.493 e. The molecular formula is C20H22N2O6. The molecule has 1 saturated heterocycles. The van der Waals surface area contributed by atoms with Crippen LogP contribution in [0.1, 0.15) is 22.0 Å². The van der Waals surface area contributed by atoms with E-state index in [1.54, 1.807) is 42.5 Å². The molecule has 3 N–H and O–H groups in total. The quantitative estimate of drug-likeness (QED) is 0.695. The number of carbonyl (C=O) groups is 2. The van der Waals surface area contributed by atoms with Crippen LogP contribution < -0.4 is 20.1 Å². The molecule has 1 aliphatic rings. The monoisotopic (exact) mass is 386 g/mol. The van der Waals surface area contributed by atoms with Crippen molar-refractivity contribution in [2.45, 2.75) is 12.1 Å². The van der Waals surface area contributed by atoms with E-state index < -0.39 is 12.1 Å². The van der Waals surface area contributed by atoms with Crippen molar-refractivity contribution in [1.82, 2.24) is 5.32 Å². The molecule has 0 saturated carbocycles. The summed E-state index contributed by atoms with van der Waals surface area (Å²) in [4.78, 5) is 23.9. The molecule has 1 heterocycles. The topological polar surface area (TPSA) is 106 Å². The molecule has 148 valence electrons. The van der Waals surface area contributed by atoms with Gasteiger partial charge in [-0.05, 0) is 35.9 Å². The Kier molecular flexibility index (Phi) is 6.13. The number of hydrogen-bond acceptors (Lipinski definition) is 6. The van der Waals surface area contributed by atoms with Gasteiger partial charge in [0.1, 0.15) is 12.7 Å². The molecule has 8 nitrogen and oxygen atoms in total. The lowest BCUT2D eigenvalue weighted by atomic mass is 10.0. The van der Waals surface area contributed by atoms with Gasteiger partial charge in [-0.15, -0.1) is 0 Å². The molecule has 2 amide bonds. The third-order valence-electron chi connectivity index (χ3n) is 4.45. The highest BCUT2D eigenvalue weighted by Crippen LogP contribution is 2.28. The van der Waals surface area contributed by atoms with E-state index in [2.05, 4.69) is 10.6 Å². The van der Waals surface area contributed by atoms with E-state index in [-0.39, 0.29) is 25.0 Å². The molecule has 0 bridgehead atoms. The lowest BCUT2D eigenvalue weighted by Crippen LogP contribution is -2.49. The van der Waals surface area contributed by atoms with Crippen LogP contribution in [0.5, 0.6) is 11.5 Å². The van der Waals surface area contributed by atoms with Gasteiger partial charge >= 0.3 is 0 Å². The van der Waals surface area contributed by atoms with Crippen LogP contribution in [0.25, 0.3) is 0 Å². The fourth-order valence-corrected chi connectivity index (χ4v) is 3.01. The average molecular weight is 386 g/mol. The van der Waals surface area contributed by atoms with E-state index in [4.69, 9.17) is 14.2 Å². The van der Waals surface area contributed by atoms with Crippen LogP contribution in [-0.4, -0.2) is 50.4 Å². The maximum atomic E-state index is 12.5. The van der Waals surface area contributed by atoms with Crippen LogP contribution in [0.2, 0.25) is 0 Å². The van der Waals surface area contributed by atoms with E-state index in [1.807, 2.05) is 0 Å². The Morgan fingerprint density at radius 1 is 1.18 bits per heavy atom. The van der Waals surface area contributed by atoms with Crippen LogP contribution in [-0.2, 0) is 9.53 Å².